The molecule has 0 heterocycles. The molecular weight excluding hydrogens is 216 g/mol. The van der Waals surface area contributed by atoms with Crippen LogP contribution in [0.1, 0.15) is 12.5 Å². The monoisotopic (exact) mass is 238 g/mol. The highest BCUT2D eigenvalue weighted by molar-refractivity contribution is 5.45. The Labute approximate surface area is 103 Å². The number of nitrogens with zero attached hydrogens (tertiary/aromatic N) is 1. The Morgan fingerprint density at radius 1 is 1.24 bits per heavy atom. The molecule has 0 radical (unpaired) electrons. The summed E-state index contributed by atoms with van der Waals surface area (Å²) in [7, 11) is 4.01. The molecule has 0 bridgehead atoms. The van der Waals surface area contributed by atoms with Crippen molar-refractivity contribution in [1.82, 2.24) is 5.32 Å². The van der Waals surface area contributed by atoms with E-state index in [1.54, 1.807) is 6.92 Å². The van der Waals surface area contributed by atoms with Crippen molar-refractivity contribution < 1.29 is 10.2 Å². The van der Waals surface area contributed by atoms with E-state index in [0.29, 0.717) is 13.1 Å². The van der Waals surface area contributed by atoms with Crippen LogP contribution in [0.4, 0.5) is 5.69 Å². The maximum absolute atomic E-state index is 9.60. The molecular formula is C13H22N2O2. The van der Waals surface area contributed by atoms with E-state index >= 15 is 0 Å². The number of aliphatic hydroxyl groups excluding tert-OH is 1. The largest absolute Gasteiger partial charge is 0.393 e. The van der Waals surface area contributed by atoms with Crippen LogP contribution in [0.15, 0.2) is 24.3 Å². The van der Waals surface area contributed by atoms with E-state index in [1.807, 2.05) is 19.0 Å². The van der Waals surface area contributed by atoms with Crippen molar-refractivity contribution in [1.29, 1.82) is 0 Å². The Hall–Kier alpha value is -1.10. The number of aliphatic hydroxyl groups is 2. The van der Waals surface area contributed by atoms with Crippen LogP contribution < -0.4 is 10.2 Å². The van der Waals surface area contributed by atoms with Gasteiger partial charge in [-0.3, -0.25) is 0 Å². The third-order valence-electron chi connectivity index (χ3n) is 2.63. The summed E-state index contributed by atoms with van der Waals surface area (Å²) in [4.78, 5) is 2.05. The van der Waals surface area contributed by atoms with E-state index in [0.717, 1.165) is 11.3 Å². The van der Waals surface area contributed by atoms with Crippen molar-refractivity contribution in [3.63, 3.8) is 0 Å². The van der Waals surface area contributed by atoms with Gasteiger partial charge in [-0.1, -0.05) is 12.1 Å². The summed E-state index contributed by atoms with van der Waals surface area (Å²) in [5.41, 5.74) is 1.27. The molecule has 0 fully saturated rings. The lowest BCUT2D eigenvalue weighted by molar-refractivity contribution is 0.00254. The minimum Gasteiger partial charge on any atom is -0.393 e. The first-order chi connectivity index (χ1) is 7.94. The number of rotatable bonds is 6. The number of nitrogens with one attached hydrogen (secondary N) is 1. The average molecular weight is 238 g/mol. The average Bonchev–Trinajstić information content (AvgIpc) is 2.29. The van der Waals surface area contributed by atoms with Crippen LogP contribution in [0.2, 0.25) is 0 Å². The molecule has 1 atom stereocenters. The maximum Gasteiger partial charge on any atom is 0.0972 e. The van der Waals surface area contributed by atoms with Crippen molar-refractivity contribution in [2.24, 2.45) is 0 Å². The molecule has 4 nitrogen and oxygen atoms in total. The lowest BCUT2D eigenvalue weighted by Gasteiger charge is -2.20. The molecule has 0 amide bonds. The molecule has 0 saturated carbocycles. The summed E-state index contributed by atoms with van der Waals surface area (Å²) in [5, 5.41) is 21.6. The molecule has 0 spiro atoms. The quantitative estimate of drug-likeness (QED) is 0.679. The Kier molecular flexibility index (Phi) is 4.93. The summed E-state index contributed by atoms with van der Waals surface area (Å²) in [6.45, 7) is 2.43. The van der Waals surface area contributed by atoms with Crippen LogP contribution in [0.5, 0.6) is 0 Å². The van der Waals surface area contributed by atoms with Crippen molar-refractivity contribution in [3.05, 3.63) is 29.8 Å². The number of hydrogen-bond acceptors (Lipinski definition) is 4. The van der Waals surface area contributed by atoms with Gasteiger partial charge in [0.2, 0.25) is 0 Å². The maximum atomic E-state index is 9.60. The summed E-state index contributed by atoms with van der Waals surface area (Å²) in [5.74, 6) is 0. The highest BCUT2D eigenvalue weighted by Crippen LogP contribution is 2.12. The van der Waals surface area contributed by atoms with Gasteiger partial charge in [-0.05, 0) is 24.6 Å². The molecule has 0 saturated heterocycles. The highest BCUT2D eigenvalue weighted by atomic mass is 16.3. The summed E-state index contributed by atoms with van der Waals surface area (Å²) >= 11 is 0. The summed E-state index contributed by atoms with van der Waals surface area (Å²) in [6.07, 6.45) is 0. The molecule has 1 unspecified atom stereocenters. The minimum atomic E-state index is -1.05. The van der Waals surface area contributed by atoms with Gasteiger partial charge in [0.15, 0.2) is 0 Å². The molecule has 1 aromatic carbocycles. The first kappa shape index (κ1) is 14.0. The van der Waals surface area contributed by atoms with Gasteiger partial charge in [0.1, 0.15) is 0 Å². The topological polar surface area (TPSA) is 55.7 Å². The molecule has 1 rings (SSSR count). The highest BCUT2D eigenvalue weighted by Gasteiger charge is 2.17. The zero-order chi connectivity index (χ0) is 12.9. The zero-order valence-electron chi connectivity index (χ0n) is 10.8. The fourth-order valence-electron chi connectivity index (χ4n) is 1.44. The molecule has 0 aliphatic heterocycles. The second-order valence-electron chi connectivity index (χ2n) is 4.82. The van der Waals surface area contributed by atoms with Gasteiger partial charge in [0.05, 0.1) is 12.2 Å². The minimum absolute atomic E-state index is 0.237. The smallest absolute Gasteiger partial charge is 0.0972 e. The van der Waals surface area contributed by atoms with Crippen LogP contribution in [-0.2, 0) is 6.54 Å². The molecule has 1 aromatic rings. The van der Waals surface area contributed by atoms with E-state index in [2.05, 4.69) is 29.6 Å². The normalized spacial score (nSPS) is 14.4. The van der Waals surface area contributed by atoms with E-state index in [-0.39, 0.29) is 6.61 Å². The molecule has 4 heteroatoms. The zero-order valence-corrected chi connectivity index (χ0v) is 10.8. The van der Waals surface area contributed by atoms with E-state index in [9.17, 15) is 5.11 Å². The number of anilines is 1. The molecule has 96 valence electrons. The summed E-state index contributed by atoms with van der Waals surface area (Å²) in [6, 6.07) is 8.22. The van der Waals surface area contributed by atoms with Gasteiger partial charge in [-0.2, -0.15) is 0 Å². The van der Waals surface area contributed by atoms with Crippen molar-refractivity contribution in [2.45, 2.75) is 19.1 Å². The Morgan fingerprint density at radius 3 is 2.29 bits per heavy atom. The molecule has 0 aromatic heterocycles. The second kappa shape index (κ2) is 6.00. The van der Waals surface area contributed by atoms with Crippen molar-refractivity contribution >= 4 is 5.69 Å². The van der Waals surface area contributed by atoms with Crippen LogP contribution in [0.3, 0.4) is 0 Å². The molecule has 0 aliphatic carbocycles. The predicted molar refractivity (Wildman–Crippen MR) is 70.2 cm³/mol. The lowest BCUT2D eigenvalue weighted by Crippen LogP contribution is -2.40. The fourth-order valence-corrected chi connectivity index (χ4v) is 1.44. The first-order valence-electron chi connectivity index (χ1n) is 5.75. The van der Waals surface area contributed by atoms with Crippen molar-refractivity contribution in [2.75, 3.05) is 32.1 Å². The van der Waals surface area contributed by atoms with Gasteiger partial charge in [0.25, 0.3) is 0 Å². The van der Waals surface area contributed by atoms with Gasteiger partial charge in [-0.15, -0.1) is 0 Å². The first-order valence-corrected chi connectivity index (χ1v) is 5.75. The Balaban J connectivity index is 2.42. The predicted octanol–water partition coefficient (Wildman–Crippen LogP) is 0.585. The molecule has 0 aliphatic rings. The van der Waals surface area contributed by atoms with Gasteiger partial charge < -0.3 is 20.4 Å². The SMILES string of the molecule is CN(C)c1ccc(CNCC(C)(O)CO)cc1. The standard InChI is InChI=1S/C13H22N2O2/c1-13(17,10-16)9-14-8-11-4-6-12(7-5-11)15(2)3/h4-7,14,16-17H,8-10H2,1-3H3. The third kappa shape index (κ3) is 4.73. The fraction of sp³-hybridized carbons (Fsp3) is 0.538. The number of benzene rings is 1. The van der Waals surface area contributed by atoms with Crippen LogP contribution in [-0.4, -0.2) is 43.1 Å². The summed E-state index contributed by atoms with van der Waals surface area (Å²) < 4.78 is 0. The molecule has 17 heavy (non-hydrogen) atoms. The van der Waals surface area contributed by atoms with Crippen LogP contribution in [0.25, 0.3) is 0 Å². The van der Waals surface area contributed by atoms with E-state index < -0.39 is 5.60 Å². The van der Waals surface area contributed by atoms with Gasteiger partial charge in [-0.25, -0.2) is 0 Å². The van der Waals surface area contributed by atoms with Crippen molar-refractivity contribution in [3.8, 4) is 0 Å². The Morgan fingerprint density at radius 2 is 1.82 bits per heavy atom. The van der Waals surface area contributed by atoms with E-state index in [1.165, 1.54) is 0 Å². The Bertz CT molecular complexity index is 334. The second-order valence-corrected chi connectivity index (χ2v) is 4.82. The lowest BCUT2D eigenvalue weighted by atomic mass is 10.1. The third-order valence-corrected chi connectivity index (χ3v) is 2.63. The van der Waals surface area contributed by atoms with E-state index in [4.69, 9.17) is 5.11 Å². The van der Waals surface area contributed by atoms with Crippen LogP contribution in [0, 0.1) is 0 Å². The van der Waals surface area contributed by atoms with Gasteiger partial charge in [0, 0.05) is 32.9 Å². The van der Waals surface area contributed by atoms with Gasteiger partial charge >= 0.3 is 0 Å². The number of hydrogen-bond donors (Lipinski definition) is 3. The molecule has 3 N–H and O–H groups in total. The van der Waals surface area contributed by atoms with Crippen LogP contribution >= 0.6 is 0 Å².